The zero-order valence-corrected chi connectivity index (χ0v) is 10.0. The molecule has 2 rings (SSSR count). The number of hydrogen-bond acceptors (Lipinski definition) is 0. The lowest BCUT2D eigenvalue weighted by Crippen LogP contribution is -2.07. The van der Waals surface area contributed by atoms with Crippen LogP contribution >= 0.6 is 27.5 Å². The van der Waals surface area contributed by atoms with Gasteiger partial charge in [0.25, 0.3) is 0 Å². The molecule has 1 saturated carbocycles. The zero-order chi connectivity index (χ0) is 10.2. The summed E-state index contributed by atoms with van der Waals surface area (Å²) in [7, 11) is 0. The highest BCUT2D eigenvalue weighted by atomic mass is 79.9. The monoisotopic (exact) mass is 276 g/mol. The topological polar surface area (TPSA) is 0 Å². The van der Waals surface area contributed by atoms with Crippen molar-refractivity contribution in [3.63, 3.8) is 0 Å². The smallest absolute Gasteiger partial charge is 0.137 e. The van der Waals surface area contributed by atoms with E-state index in [0.717, 1.165) is 12.0 Å². The van der Waals surface area contributed by atoms with Crippen molar-refractivity contribution >= 4 is 27.5 Å². The highest BCUT2D eigenvalue weighted by Gasteiger charge is 2.41. The first-order valence-corrected chi connectivity index (χ1v) is 5.98. The first-order chi connectivity index (χ1) is 6.67. The maximum Gasteiger partial charge on any atom is 0.137 e. The fraction of sp³-hybridized carbons (Fsp3) is 0.455. The van der Waals surface area contributed by atoms with Gasteiger partial charge in [0.2, 0.25) is 0 Å². The Morgan fingerprint density at radius 2 is 2.14 bits per heavy atom. The fourth-order valence-electron chi connectivity index (χ4n) is 1.62. The molecule has 0 aromatic heterocycles. The minimum Gasteiger partial charge on any atom is -0.206 e. The molecule has 0 nitrogen and oxygen atoms in total. The standard InChI is InChI=1S/C11H11BrClF/c12-10-8(2-1-3-9(10)14)6-11(7-13)4-5-11/h1-3H,4-7H2. The molecule has 1 aliphatic carbocycles. The van der Waals surface area contributed by atoms with Gasteiger partial charge in [-0.2, -0.15) is 0 Å². The van der Waals surface area contributed by atoms with Crippen molar-refractivity contribution in [1.29, 1.82) is 0 Å². The molecule has 0 saturated heterocycles. The van der Waals surface area contributed by atoms with Gasteiger partial charge in [-0.1, -0.05) is 12.1 Å². The van der Waals surface area contributed by atoms with E-state index in [9.17, 15) is 4.39 Å². The predicted octanol–water partition coefficient (Wildman–Crippen LogP) is 4.15. The van der Waals surface area contributed by atoms with Crippen LogP contribution < -0.4 is 0 Å². The van der Waals surface area contributed by atoms with Gasteiger partial charge in [0.1, 0.15) is 5.82 Å². The molecule has 1 aromatic rings. The van der Waals surface area contributed by atoms with E-state index in [2.05, 4.69) is 15.9 Å². The second kappa shape index (κ2) is 3.82. The Kier molecular flexibility index (Phi) is 2.85. The molecule has 0 N–H and O–H groups in total. The summed E-state index contributed by atoms with van der Waals surface area (Å²) in [4.78, 5) is 0. The molecule has 0 aliphatic heterocycles. The molecular weight excluding hydrogens is 266 g/mol. The summed E-state index contributed by atoms with van der Waals surface area (Å²) in [5.74, 6) is 0.489. The van der Waals surface area contributed by atoms with Crippen LogP contribution in [0.25, 0.3) is 0 Å². The summed E-state index contributed by atoms with van der Waals surface area (Å²) in [6.07, 6.45) is 3.22. The van der Waals surface area contributed by atoms with Crippen LogP contribution in [-0.4, -0.2) is 5.88 Å². The van der Waals surface area contributed by atoms with Gasteiger partial charge in [0.05, 0.1) is 4.47 Å². The molecule has 14 heavy (non-hydrogen) atoms. The van der Waals surface area contributed by atoms with E-state index < -0.39 is 0 Å². The third-order valence-corrected chi connectivity index (χ3v) is 4.29. The van der Waals surface area contributed by atoms with Crippen LogP contribution in [0.5, 0.6) is 0 Å². The van der Waals surface area contributed by atoms with E-state index in [0.29, 0.717) is 10.4 Å². The Labute approximate surface area is 96.6 Å². The van der Waals surface area contributed by atoms with E-state index >= 15 is 0 Å². The van der Waals surface area contributed by atoms with E-state index in [1.807, 2.05) is 6.07 Å². The summed E-state index contributed by atoms with van der Waals surface area (Å²) < 4.78 is 13.8. The summed E-state index contributed by atoms with van der Waals surface area (Å²) in [6, 6.07) is 5.17. The summed E-state index contributed by atoms with van der Waals surface area (Å²) in [5, 5.41) is 0. The van der Waals surface area contributed by atoms with Crippen molar-refractivity contribution in [1.82, 2.24) is 0 Å². The molecule has 0 bridgehead atoms. The van der Waals surface area contributed by atoms with Crippen LogP contribution in [-0.2, 0) is 6.42 Å². The van der Waals surface area contributed by atoms with Gasteiger partial charge in [-0.3, -0.25) is 0 Å². The zero-order valence-electron chi connectivity index (χ0n) is 7.69. The van der Waals surface area contributed by atoms with Crippen LogP contribution in [0.4, 0.5) is 4.39 Å². The van der Waals surface area contributed by atoms with Gasteiger partial charge in [0.15, 0.2) is 0 Å². The molecule has 1 aromatic carbocycles. The van der Waals surface area contributed by atoms with Gasteiger partial charge in [-0.25, -0.2) is 4.39 Å². The molecule has 0 unspecified atom stereocenters. The Morgan fingerprint density at radius 3 is 2.71 bits per heavy atom. The number of benzene rings is 1. The minimum atomic E-state index is -0.187. The van der Waals surface area contributed by atoms with E-state index in [4.69, 9.17) is 11.6 Å². The molecule has 0 spiro atoms. The van der Waals surface area contributed by atoms with Crippen molar-refractivity contribution in [2.24, 2.45) is 5.41 Å². The average molecular weight is 278 g/mol. The second-order valence-corrected chi connectivity index (χ2v) is 5.08. The quantitative estimate of drug-likeness (QED) is 0.728. The maximum absolute atomic E-state index is 13.2. The molecule has 0 heterocycles. The van der Waals surface area contributed by atoms with Crippen LogP contribution in [0, 0.1) is 11.2 Å². The number of alkyl halides is 1. The third-order valence-electron chi connectivity index (χ3n) is 2.84. The first-order valence-electron chi connectivity index (χ1n) is 4.66. The Morgan fingerprint density at radius 1 is 1.43 bits per heavy atom. The maximum atomic E-state index is 13.2. The summed E-state index contributed by atoms with van der Waals surface area (Å²) >= 11 is 9.16. The van der Waals surface area contributed by atoms with Gasteiger partial charge >= 0.3 is 0 Å². The molecule has 1 aliphatic rings. The van der Waals surface area contributed by atoms with Crippen molar-refractivity contribution in [2.75, 3.05) is 5.88 Å². The lowest BCUT2D eigenvalue weighted by Gasteiger charge is -2.12. The molecule has 0 amide bonds. The second-order valence-electron chi connectivity index (χ2n) is 4.02. The number of halogens is 3. The van der Waals surface area contributed by atoms with Crippen molar-refractivity contribution < 1.29 is 4.39 Å². The Balaban J connectivity index is 2.21. The third kappa shape index (κ3) is 1.96. The SMILES string of the molecule is Fc1cccc(CC2(CCl)CC2)c1Br. The van der Waals surface area contributed by atoms with Gasteiger partial charge < -0.3 is 0 Å². The van der Waals surface area contributed by atoms with Crippen LogP contribution in [0.2, 0.25) is 0 Å². The fourth-order valence-corrected chi connectivity index (χ4v) is 2.39. The first kappa shape index (κ1) is 10.4. The van der Waals surface area contributed by atoms with Crippen molar-refractivity contribution in [3.8, 4) is 0 Å². The highest BCUT2D eigenvalue weighted by molar-refractivity contribution is 9.10. The Bertz CT molecular complexity index is 347. The average Bonchev–Trinajstić information content (AvgIpc) is 2.94. The molecule has 3 heteroatoms. The van der Waals surface area contributed by atoms with E-state index in [1.54, 1.807) is 6.07 Å². The van der Waals surface area contributed by atoms with Crippen LogP contribution in [0.1, 0.15) is 18.4 Å². The van der Waals surface area contributed by atoms with Crippen LogP contribution in [0.15, 0.2) is 22.7 Å². The normalized spacial score (nSPS) is 18.2. The van der Waals surface area contributed by atoms with Crippen molar-refractivity contribution in [2.45, 2.75) is 19.3 Å². The molecule has 0 atom stereocenters. The van der Waals surface area contributed by atoms with E-state index in [1.165, 1.54) is 18.9 Å². The van der Waals surface area contributed by atoms with E-state index in [-0.39, 0.29) is 11.2 Å². The Hall–Kier alpha value is -0.0800. The largest absolute Gasteiger partial charge is 0.206 e. The minimum absolute atomic E-state index is 0.187. The molecule has 0 radical (unpaired) electrons. The van der Waals surface area contributed by atoms with Gasteiger partial charge in [0, 0.05) is 5.88 Å². The number of hydrogen-bond donors (Lipinski definition) is 0. The van der Waals surface area contributed by atoms with Crippen LogP contribution in [0.3, 0.4) is 0 Å². The predicted molar refractivity (Wildman–Crippen MR) is 60.2 cm³/mol. The van der Waals surface area contributed by atoms with Crippen molar-refractivity contribution in [3.05, 3.63) is 34.1 Å². The highest BCUT2D eigenvalue weighted by Crippen LogP contribution is 2.50. The number of rotatable bonds is 3. The van der Waals surface area contributed by atoms with Gasteiger partial charge in [-0.05, 0) is 52.2 Å². The lowest BCUT2D eigenvalue weighted by molar-refractivity contribution is 0.567. The molecule has 1 fully saturated rings. The lowest BCUT2D eigenvalue weighted by atomic mass is 9.98. The summed E-state index contributed by atoms with van der Waals surface area (Å²) in [6.45, 7) is 0. The molecular formula is C11H11BrClF. The summed E-state index contributed by atoms with van der Waals surface area (Å²) in [5.41, 5.74) is 1.28. The molecule has 76 valence electrons. The van der Waals surface area contributed by atoms with Gasteiger partial charge in [-0.15, -0.1) is 11.6 Å².